The van der Waals surface area contributed by atoms with Crippen molar-refractivity contribution >= 4 is 29.1 Å². The van der Waals surface area contributed by atoms with Crippen LogP contribution in [0.2, 0.25) is 0 Å². The van der Waals surface area contributed by atoms with Crippen molar-refractivity contribution in [2.75, 3.05) is 5.75 Å². The van der Waals surface area contributed by atoms with Gasteiger partial charge in [-0.1, -0.05) is 30.3 Å². The van der Waals surface area contributed by atoms with Gasteiger partial charge in [0, 0.05) is 17.2 Å². The van der Waals surface area contributed by atoms with Gasteiger partial charge < -0.3 is 10.6 Å². The van der Waals surface area contributed by atoms with Gasteiger partial charge in [0.25, 0.3) is 0 Å². The summed E-state index contributed by atoms with van der Waals surface area (Å²) in [5.74, 6) is 0.871. The van der Waals surface area contributed by atoms with Crippen molar-refractivity contribution in [3.8, 4) is 0 Å². The molecule has 0 aromatic heterocycles. The van der Waals surface area contributed by atoms with Crippen LogP contribution in [0, 0.1) is 5.82 Å². The largest absolute Gasteiger partial charge is 0.359 e. The molecule has 2 aromatic carbocycles. The number of benzene rings is 2. The Balaban J connectivity index is 1.57. The topological polar surface area (TPSA) is 24.1 Å². The van der Waals surface area contributed by atoms with Gasteiger partial charge in [0.05, 0.1) is 6.04 Å². The van der Waals surface area contributed by atoms with Gasteiger partial charge in [-0.25, -0.2) is 4.39 Å². The Morgan fingerprint density at radius 1 is 1.18 bits per heavy atom. The van der Waals surface area contributed by atoms with E-state index in [9.17, 15) is 4.39 Å². The molecule has 0 amide bonds. The molecule has 2 aromatic rings. The fourth-order valence-corrected chi connectivity index (χ4v) is 3.83. The van der Waals surface area contributed by atoms with Crippen LogP contribution in [-0.4, -0.2) is 10.9 Å². The van der Waals surface area contributed by atoms with Crippen LogP contribution >= 0.6 is 24.0 Å². The zero-order valence-electron chi connectivity index (χ0n) is 12.0. The van der Waals surface area contributed by atoms with Gasteiger partial charge in [-0.05, 0) is 48.0 Å². The molecule has 1 heterocycles. The van der Waals surface area contributed by atoms with Crippen molar-refractivity contribution in [1.82, 2.24) is 10.6 Å². The van der Waals surface area contributed by atoms with Gasteiger partial charge in [-0.15, -0.1) is 11.8 Å². The minimum atomic E-state index is -0.222. The van der Waals surface area contributed by atoms with Gasteiger partial charge in [0.2, 0.25) is 0 Å². The molecule has 1 aliphatic rings. The van der Waals surface area contributed by atoms with Crippen LogP contribution in [0.25, 0.3) is 0 Å². The first-order chi connectivity index (χ1) is 10.7. The summed E-state index contributed by atoms with van der Waals surface area (Å²) >= 11 is 7.28. The van der Waals surface area contributed by atoms with E-state index in [1.54, 1.807) is 12.1 Å². The van der Waals surface area contributed by atoms with E-state index in [1.807, 2.05) is 11.8 Å². The Labute approximate surface area is 139 Å². The monoisotopic (exact) mass is 332 g/mol. The minimum absolute atomic E-state index is 0.222. The lowest BCUT2D eigenvalue weighted by Crippen LogP contribution is -2.38. The fourth-order valence-electron chi connectivity index (χ4n) is 2.49. The molecule has 0 spiro atoms. The second-order valence-corrected chi connectivity index (χ2v) is 6.73. The van der Waals surface area contributed by atoms with E-state index in [4.69, 9.17) is 12.2 Å². The van der Waals surface area contributed by atoms with Gasteiger partial charge in [0.1, 0.15) is 5.82 Å². The Bertz CT molecular complexity index is 658. The number of nitrogens with one attached hydrogen (secondary N) is 2. The normalized spacial score (nSPS) is 16.7. The second kappa shape index (κ2) is 7.11. The lowest BCUT2D eigenvalue weighted by atomic mass is 10.0. The highest BCUT2D eigenvalue weighted by molar-refractivity contribution is 7.99. The van der Waals surface area contributed by atoms with E-state index in [-0.39, 0.29) is 11.9 Å². The molecule has 0 saturated carbocycles. The summed E-state index contributed by atoms with van der Waals surface area (Å²) in [5, 5.41) is 7.21. The van der Waals surface area contributed by atoms with Crippen LogP contribution in [0.15, 0.2) is 53.4 Å². The van der Waals surface area contributed by atoms with Crippen LogP contribution in [0.3, 0.4) is 0 Å². The third kappa shape index (κ3) is 3.78. The molecule has 22 heavy (non-hydrogen) atoms. The van der Waals surface area contributed by atoms with Crippen LogP contribution < -0.4 is 10.6 Å². The van der Waals surface area contributed by atoms with Crippen molar-refractivity contribution in [1.29, 1.82) is 0 Å². The third-order valence-electron chi connectivity index (χ3n) is 3.63. The van der Waals surface area contributed by atoms with Crippen LogP contribution in [0.1, 0.15) is 23.6 Å². The quantitative estimate of drug-likeness (QED) is 0.829. The first-order valence-electron chi connectivity index (χ1n) is 7.23. The summed E-state index contributed by atoms with van der Waals surface area (Å²) in [6.45, 7) is 0.592. The van der Waals surface area contributed by atoms with E-state index in [0.29, 0.717) is 11.7 Å². The molecular weight excluding hydrogens is 315 g/mol. The van der Waals surface area contributed by atoms with E-state index in [0.717, 1.165) is 17.7 Å². The number of thioether (sulfide) groups is 1. The summed E-state index contributed by atoms with van der Waals surface area (Å²) < 4.78 is 12.9. The van der Waals surface area contributed by atoms with E-state index in [1.165, 1.54) is 22.6 Å². The van der Waals surface area contributed by atoms with E-state index < -0.39 is 0 Å². The summed E-state index contributed by atoms with van der Waals surface area (Å²) in [6.07, 6.45) is 1.06. The Morgan fingerprint density at radius 3 is 2.77 bits per heavy atom. The lowest BCUT2D eigenvalue weighted by Gasteiger charge is -2.27. The summed E-state index contributed by atoms with van der Waals surface area (Å²) in [7, 11) is 0. The Morgan fingerprint density at radius 2 is 1.95 bits per heavy atom. The summed E-state index contributed by atoms with van der Waals surface area (Å²) in [6, 6.07) is 15.1. The lowest BCUT2D eigenvalue weighted by molar-refractivity contribution is 0.602. The second-order valence-electron chi connectivity index (χ2n) is 5.18. The summed E-state index contributed by atoms with van der Waals surface area (Å²) in [4.78, 5) is 1.33. The third-order valence-corrected chi connectivity index (χ3v) is 5.01. The Kier molecular flexibility index (Phi) is 4.95. The highest BCUT2D eigenvalue weighted by atomic mass is 32.2. The average Bonchev–Trinajstić information content (AvgIpc) is 2.55. The van der Waals surface area contributed by atoms with Crippen molar-refractivity contribution < 1.29 is 4.39 Å². The standard InChI is InChI=1S/C17H17FN2S2/c18-13-7-5-12(6-8-13)11-19-17(21)20-15-9-10-22-16-4-2-1-3-14(15)16/h1-8,15H,9-11H2,(H2,19,20,21)/t15-/m1/s1. The zero-order chi connectivity index (χ0) is 15.4. The zero-order valence-corrected chi connectivity index (χ0v) is 13.6. The van der Waals surface area contributed by atoms with Crippen molar-refractivity contribution in [2.45, 2.75) is 23.9 Å². The maximum atomic E-state index is 12.9. The van der Waals surface area contributed by atoms with Crippen LogP contribution in [-0.2, 0) is 6.54 Å². The molecule has 1 atom stereocenters. The predicted octanol–water partition coefficient (Wildman–Crippen LogP) is 4.03. The first-order valence-corrected chi connectivity index (χ1v) is 8.62. The molecule has 0 bridgehead atoms. The number of rotatable bonds is 3. The fraction of sp³-hybridized carbons (Fsp3) is 0.235. The molecular formula is C17H17FN2S2. The van der Waals surface area contributed by atoms with Gasteiger partial charge in [0.15, 0.2) is 5.11 Å². The molecule has 0 radical (unpaired) electrons. The Hall–Kier alpha value is -1.59. The maximum absolute atomic E-state index is 12.9. The van der Waals surface area contributed by atoms with Gasteiger partial charge in [-0.2, -0.15) is 0 Å². The van der Waals surface area contributed by atoms with Crippen molar-refractivity contribution in [3.63, 3.8) is 0 Å². The molecule has 3 rings (SSSR count). The SMILES string of the molecule is Fc1ccc(CNC(=S)N[C@@H]2CCSc3ccccc32)cc1. The number of hydrogen-bond donors (Lipinski definition) is 2. The highest BCUT2D eigenvalue weighted by Gasteiger charge is 2.20. The highest BCUT2D eigenvalue weighted by Crippen LogP contribution is 2.35. The number of thiocarbonyl (C=S) groups is 1. The van der Waals surface area contributed by atoms with Crippen LogP contribution in [0.4, 0.5) is 4.39 Å². The molecule has 114 valence electrons. The van der Waals surface area contributed by atoms with Crippen molar-refractivity contribution in [3.05, 3.63) is 65.5 Å². The minimum Gasteiger partial charge on any atom is -0.359 e. The molecule has 0 unspecified atom stereocenters. The summed E-state index contributed by atoms with van der Waals surface area (Å²) in [5.41, 5.74) is 2.31. The van der Waals surface area contributed by atoms with Crippen molar-refractivity contribution in [2.24, 2.45) is 0 Å². The van der Waals surface area contributed by atoms with Gasteiger partial charge >= 0.3 is 0 Å². The molecule has 1 aliphatic heterocycles. The number of halogens is 1. The molecule has 2 N–H and O–H groups in total. The molecule has 0 saturated heterocycles. The number of fused-ring (bicyclic) bond motifs is 1. The number of hydrogen-bond acceptors (Lipinski definition) is 2. The first kappa shape index (κ1) is 15.3. The predicted molar refractivity (Wildman–Crippen MR) is 93.5 cm³/mol. The molecule has 0 aliphatic carbocycles. The van der Waals surface area contributed by atoms with Gasteiger partial charge in [-0.3, -0.25) is 0 Å². The molecule has 0 fully saturated rings. The average molecular weight is 332 g/mol. The van der Waals surface area contributed by atoms with E-state index >= 15 is 0 Å². The maximum Gasteiger partial charge on any atom is 0.167 e. The molecule has 2 nitrogen and oxygen atoms in total. The molecule has 5 heteroatoms. The van der Waals surface area contributed by atoms with Crippen LogP contribution in [0.5, 0.6) is 0 Å². The van der Waals surface area contributed by atoms with E-state index in [2.05, 4.69) is 34.9 Å². The smallest absolute Gasteiger partial charge is 0.167 e.